The zero-order valence-electron chi connectivity index (χ0n) is 18.4. The van der Waals surface area contributed by atoms with Crippen LogP contribution in [0.1, 0.15) is 11.4 Å². The molecular weight excluding hydrogens is 452 g/mol. The van der Waals surface area contributed by atoms with Crippen LogP contribution in [0.3, 0.4) is 0 Å². The fourth-order valence-electron chi connectivity index (χ4n) is 3.49. The molecule has 1 N–H and O–H groups in total. The van der Waals surface area contributed by atoms with Crippen LogP contribution in [0.15, 0.2) is 78.0 Å². The summed E-state index contributed by atoms with van der Waals surface area (Å²) in [6.45, 7) is 2.43. The fourth-order valence-corrected chi connectivity index (χ4v) is 4.26. The predicted molar refractivity (Wildman–Crippen MR) is 129 cm³/mol. The molecule has 0 radical (unpaired) electrons. The summed E-state index contributed by atoms with van der Waals surface area (Å²) >= 11 is 1.31. The number of carbonyl (C=O) groups is 1. The number of anilines is 1. The van der Waals surface area contributed by atoms with Crippen LogP contribution in [0.5, 0.6) is 17.2 Å². The van der Waals surface area contributed by atoms with Crippen molar-refractivity contribution >= 4 is 23.4 Å². The number of amides is 1. The van der Waals surface area contributed by atoms with E-state index in [1.54, 1.807) is 18.2 Å². The number of hydrogen-bond acceptors (Lipinski definition) is 7. The van der Waals surface area contributed by atoms with Crippen molar-refractivity contribution in [2.45, 2.75) is 18.7 Å². The van der Waals surface area contributed by atoms with Crippen LogP contribution >= 0.6 is 11.8 Å². The first-order valence-electron chi connectivity index (χ1n) is 10.7. The lowest BCUT2D eigenvalue weighted by molar-refractivity contribution is -0.113. The first-order valence-corrected chi connectivity index (χ1v) is 11.7. The molecule has 1 amide bonds. The number of carbonyl (C=O) groups excluding carboxylic acids is 1. The smallest absolute Gasteiger partial charge is 0.234 e. The van der Waals surface area contributed by atoms with Crippen molar-refractivity contribution in [2.24, 2.45) is 0 Å². The molecule has 172 valence electrons. The molecule has 1 aromatic heterocycles. The van der Waals surface area contributed by atoms with Gasteiger partial charge < -0.3 is 19.5 Å². The van der Waals surface area contributed by atoms with Crippen molar-refractivity contribution in [1.29, 1.82) is 0 Å². The van der Waals surface area contributed by atoms with Gasteiger partial charge in [-0.05, 0) is 42.8 Å². The van der Waals surface area contributed by atoms with E-state index in [0.29, 0.717) is 28.2 Å². The number of aryl methyl sites for hydroxylation is 1. The van der Waals surface area contributed by atoms with Gasteiger partial charge in [-0.15, -0.1) is 10.2 Å². The monoisotopic (exact) mass is 474 g/mol. The van der Waals surface area contributed by atoms with Crippen LogP contribution in [0.2, 0.25) is 0 Å². The molecule has 0 saturated heterocycles. The Hall–Kier alpha value is -3.98. The Labute approximate surface area is 200 Å². The van der Waals surface area contributed by atoms with E-state index in [1.165, 1.54) is 11.8 Å². The normalized spacial score (nSPS) is 11.9. The van der Waals surface area contributed by atoms with Crippen molar-refractivity contribution in [1.82, 2.24) is 14.8 Å². The van der Waals surface area contributed by atoms with Gasteiger partial charge in [-0.25, -0.2) is 0 Å². The summed E-state index contributed by atoms with van der Waals surface area (Å²) in [5.41, 5.74) is 2.59. The van der Waals surface area contributed by atoms with Crippen molar-refractivity contribution in [3.05, 3.63) is 84.2 Å². The largest absolute Gasteiger partial charge is 0.485 e. The average molecular weight is 475 g/mol. The molecule has 0 fully saturated rings. The molecule has 0 saturated carbocycles. The number of rotatable bonds is 8. The molecule has 0 unspecified atom stereocenters. The number of hydrogen-bond donors (Lipinski definition) is 1. The third-order valence-electron chi connectivity index (χ3n) is 5.15. The third kappa shape index (κ3) is 4.84. The van der Waals surface area contributed by atoms with Crippen molar-refractivity contribution in [3.63, 3.8) is 0 Å². The maximum Gasteiger partial charge on any atom is 0.234 e. The minimum atomic E-state index is -0.163. The van der Waals surface area contributed by atoms with E-state index in [4.69, 9.17) is 14.2 Å². The van der Waals surface area contributed by atoms with Gasteiger partial charge in [-0.3, -0.25) is 9.36 Å². The van der Waals surface area contributed by atoms with Crippen LogP contribution in [-0.2, 0) is 11.4 Å². The maximum atomic E-state index is 12.6. The van der Waals surface area contributed by atoms with E-state index < -0.39 is 0 Å². The molecule has 0 atom stereocenters. The molecule has 0 bridgehead atoms. The molecule has 1 aliphatic heterocycles. The van der Waals surface area contributed by atoms with E-state index in [2.05, 4.69) is 15.5 Å². The Kier molecular flexibility index (Phi) is 6.35. The number of fused-ring (bicyclic) bond motifs is 1. The average Bonchev–Trinajstić information content (AvgIpc) is 3.49. The fraction of sp³-hybridized carbons (Fsp3) is 0.160. The van der Waals surface area contributed by atoms with Crippen molar-refractivity contribution in [2.75, 3.05) is 17.9 Å². The van der Waals surface area contributed by atoms with Crippen LogP contribution in [-0.4, -0.2) is 33.2 Å². The van der Waals surface area contributed by atoms with Gasteiger partial charge in [-0.1, -0.05) is 48.2 Å². The molecule has 2 heterocycles. The zero-order chi connectivity index (χ0) is 23.3. The molecule has 1 aliphatic rings. The summed E-state index contributed by atoms with van der Waals surface area (Å²) in [5.74, 6) is 2.73. The molecule has 3 aromatic carbocycles. The van der Waals surface area contributed by atoms with Crippen molar-refractivity contribution < 1.29 is 19.0 Å². The molecule has 5 rings (SSSR count). The van der Waals surface area contributed by atoms with E-state index in [1.807, 2.05) is 66.1 Å². The van der Waals surface area contributed by atoms with Crippen molar-refractivity contribution in [3.8, 4) is 22.9 Å². The molecule has 4 aromatic rings. The Morgan fingerprint density at radius 3 is 2.68 bits per heavy atom. The van der Waals surface area contributed by atoms with Gasteiger partial charge in [0.15, 0.2) is 22.5 Å². The number of ether oxygens (including phenoxy) is 3. The summed E-state index contributed by atoms with van der Waals surface area (Å²) in [4.78, 5) is 12.6. The molecule has 0 spiro atoms. The highest BCUT2D eigenvalue weighted by Gasteiger charge is 2.18. The van der Waals surface area contributed by atoms with E-state index in [-0.39, 0.29) is 25.1 Å². The van der Waals surface area contributed by atoms with Gasteiger partial charge in [0.05, 0.1) is 5.75 Å². The lowest BCUT2D eigenvalue weighted by atomic mass is 10.2. The first kappa shape index (κ1) is 21.8. The second-order valence-electron chi connectivity index (χ2n) is 7.53. The standard InChI is InChI=1S/C25H22N4O4S/c1-17-7-5-6-10-20(17)31-14-23-27-28-25(29(23)19-8-3-2-4-9-19)34-15-24(30)26-18-11-12-21-22(13-18)33-16-32-21/h2-13H,14-16H2,1H3,(H,26,30). The predicted octanol–water partition coefficient (Wildman–Crippen LogP) is 4.61. The van der Waals surface area contributed by atoms with Crippen LogP contribution in [0.25, 0.3) is 5.69 Å². The number of nitrogens with zero attached hydrogens (tertiary/aromatic N) is 3. The maximum absolute atomic E-state index is 12.6. The summed E-state index contributed by atoms with van der Waals surface area (Å²) in [6, 6.07) is 22.9. The van der Waals surface area contributed by atoms with E-state index >= 15 is 0 Å². The van der Waals surface area contributed by atoms with Gasteiger partial charge in [0, 0.05) is 17.4 Å². The third-order valence-corrected chi connectivity index (χ3v) is 6.08. The van der Waals surface area contributed by atoms with Crippen LogP contribution in [0.4, 0.5) is 5.69 Å². The van der Waals surface area contributed by atoms with Crippen LogP contribution < -0.4 is 19.5 Å². The second kappa shape index (κ2) is 9.88. The van der Waals surface area contributed by atoms with Gasteiger partial charge in [0.25, 0.3) is 0 Å². The van der Waals surface area contributed by atoms with E-state index in [0.717, 1.165) is 17.0 Å². The summed E-state index contributed by atoms with van der Waals surface area (Å²) in [5, 5.41) is 12.2. The molecule has 8 nitrogen and oxygen atoms in total. The number of para-hydroxylation sites is 2. The molecule has 9 heteroatoms. The lowest BCUT2D eigenvalue weighted by Gasteiger charge is -2.12. The molecule has 34 heavy (non-hydrogen) atoms. The summed E-state index contributed by atoms with van der Waals surface area (Å²) in [6.07, 6.45) is 0. The number of benzene rings is 3. The highest BCUT2D eigenvalue weighted by molar-refractivity contribution is 7.99. The Morgan fingerprint density at radius 1 is 1.03 bits per heavy atom. The number of aromatic nitrogens is 3. The Morgan fingerprint density at radius 2 is 1.82 bits per heavy atom. The first-order chi connectivity index (χ1) is 16.7. The topological polar surface area (TPSA) is 87.5 Å². The quantitative estimate of drug-likeness (QED) is 0.373. The summed E-state index contributed by atoms with van der Waals surface area (Å²) in [7, 11) is 0. The summed E-state index contributed by atoms with van der Waals surface area (Å²) < 4.78 is 18.6. The van der Waals surface area contributed by atoms with Gasteiger partial charge >= 0.3 is 0 Å². The minimum Gasteiger partial charge on any atom is -0.485 e. The Bertz CT molecular complexity index is 1310. The highest BCUT2D eigenvalue weighted by atomic mass is 32.2. The van der Waals surface area contributed by atoms with E-state index in [9.17, 15) is 4.79 Å². The number of thioether (sulfide) groups is 1. The zero-order valence-corrected chi connectivity index (χ0v) is 19.2. The Balaban J connectivity index is 1.30. The minimum absolute atomic E-state index is 0.163. The van der Waals surface area contributed by atoms with Crippen LogP contribution in [0, 0.1) is 6.92 Å². The van der Waals surface area contributed by atoms with Gasteiger partial charge in [-0.2, -0.15) is 0 Å². The lowest BCUT2D eigenvalue weighted by Crippen LogP contribution is -2.14. The molecular formula is C25H22N4O4S. The second-order valence-corrected chi connectivity index (χ2v) is 8.47. The van der Waals surface area contributed by atoms with Gasteiger partial charge in [0.1, 0.15) is 12.4 Å². The van der Waals surface area contributed by atoms with Gasteiger partial charge in [0.2, 0.25) is 12.7 Å². The number of nitrogens with one attached hydrogen (secondary N) is 1. The SMILES string of the molecule is Cc1ccccc1OCc1nnc(SCC(=O)Nc2ccc3c(c2)OCO3)n1-c1ccccc1. The molecule has 0 aliphatic carbocycles. The highest BCUT2D eigenvalue weighted by Crippen LogP contribution is 2.34.